The van der Waals surface area contributed by atoms with Crippen molar-refractivity contribution in [2.24, 2.45) is 0 Å². The Balaban J connectivity index is 1.86. The first-order chi connectivity index (χ1) is 14.6. The normalized spacial score (nSPS) is 18.0. The number of hydrogen-bond donors (Lipinski definition) is 1. The maximum atomic E-state index is 13.2. The number of hydrogen-bond acceptors (Lipinski definition) is 5. The first kappa shape index (κ1) is 18.7. The van der Waals surface area contributed by atoms with Crippen molar-refractivity contribution >= 4 is 22.4 Å². The van der Waals surface area contributed by atoms with Gasteiger partial charge in [0.2, 0.25) is 0 Å². The molecule has 0 saturated carbocycles. The number of allylic oxidation sites excluding steroid dienone is 2. The molecule has 5 rings (SSSR count). The topological polar surface area (TPSA) is 60.5 Å². The number of nitrogens with one attached hydrogen (secondary N) is 1. The van der Waals surface area contributed by atoms with E-state index in [0.717, 1.165) is 69.0 Å². The first-order valence-corrected chi connectivity index (χ1v) is 10.3. The van der Waals surface area contributed by atoms with Crippen molar-refractivity contribution in [3.63, 3.8) is 0 Å². The molecule has 0 saturated heterocycles. The van der Waals surface area contributed by atoms with E-state index in [9.17, 15) is 4.79 Å². The van der Waals surface area contributed by atoms with Crippen molar-refractivity contribution in [1.29, 1.82) is 0 Å². The molecule has 1 aliphatic carbocycles. The Morgan fingerprint density at radius 3 is 2.70 bits per heavy atom. The lowest BCUT2D eigenvalue weighted by molar-refractivity contribution is -0.116. The van der Waals surface area contributed by atoms with Crippen LogP contribution in [0.25, 0.3) is 10.9 Å². The summed E-state index contributed by atoms with van der Waals surface area (Å²) >= 11 is 0. The maximum absolute atomic E-state index is 13.2. The third kappa shape index (κ3) is 2.84. The number of Topliss-reactive ketones (excluding diaryl/α,β-unsaturated/α-hetero) is 1. The van der Waals surface area contributed by atoms with Gasteiger partial charge in [0.05, 0.1) is 19.7 Å². The number of fused-ring (bicyclic) bond motifs is 3. The summed E-state index contributed by atoms with van der Waals surface area (Å²) in [5, 5.41) is 4.61. The van der Waals surface area contributed by atoms with Crippen molar-refractivity contribution in [3.05, 3.63) is 70.6 Å². The van der Waals surface area contributed by atoms with Gasteiger partial charge in [0.1, 0.15) is 11.5 Å². The Hall–Kier alpha value is -3.34. The van der Waals surface area contributed by atoms with Gasteiger partial charge in [-0.2, -0.15) is 0 Å². The molecule has 1 aliphatic heterocycles. The van der Waals surface area contributed by atoms with Gasteiger partial charge < -0.3 is 14.8 Å². The maximum Gasteiger partial charge on any atom is 0.161 e. The summed E-state index contributed by atoms with van der Waals surface area (Å²) in [5.41, 5.74) is 6.79. The lowest BCUT2D eigenvalue weighted by atomic mass is 9.74. The Kier molecular flexibility index (Phi) is 4.46. The highest BCUT2D eigenvalue weighted by molar-refractivity contribution is 6.03. The van der Waals surface area contributed by atoms with Crippen LogP contribution in [0.5, 0.6) is 11.5 Å². The summed E-state index contributed by atoms with van der Waals surface area (Å²) in [7, 11) is 3.32. The van der Waals surface area contributed by atoms with Gasteiger partial charge in [-0.25, -0.2) is 0 Å². The molecule has 2 aromatic carbocycles. The lowest BCUT2D eigenvalue weighted by Gasteiger charge is -2.35. The average molecular weight is 400 g/mol. The zero-order valence-electron chi connectivity index (χ0n) is 17.4. The molecule has 2 heterocycles. The van der Waals surface area contributed by atoms with Crippen molar-refractivity contribution in [2.45, 2.75) is 32.1 Å². The second-order valence-corrected chi connectivity index (χ2v) is 7.88. The van der Waals surface area contributed by atoms with Crippen molar-refractivity contribution < 1.29 is 14.3 Å². The summed E-state index contributed by atoms with van der Waals surface area (Å²) < 4.78 is 11.2. The quantitative estimate of drug-likeness (QED) is 0.661. The van der Waals surface area contributed by atoms with Crippen molar-refractivity contribution in [3.8, 4) is 11.5 Å². The molecular weight excluding hydrogens is 376 g/mol. The number of pyridine rings is 1. The van der Waals surface area contributed by atoms with E-state index in [1.54, 1.807) is 14.2 Å². The number of carbonyl (C=O) groups excluding carboxylic acids is 1. The molecule has 0 amide bonds. The predicted molar refractivity (Wildman–Crippen MR) is 117 cm³/mol. The third-order valence-corrected chi connectivity index (χ3v) is 6.12. The summed E-state index contributed by atoms with van der Waals surface area (Å²) in [6.45, 7) is 1.99. The summed E-state index contributed by atoms with van der Waals surface area (Å²) in [5.74, 6) is 1.45. The standard InChI is InChI=1S/C25H24N2O3/c1-14-7-9-16-18(26-14)10-11-20-23(16)24(25-19(27-20)5-4-6-21(25)28)17-13-15(29-2)8-12-22(17)30-3/h7-13,24,27H,4-6H2,1-3H3/t24-/m1/s1. The van der Waals surface area contributed by atoms with E-state index in [0.29, 0.717) is 6.42 Å². The molecule has 5 heteroatoms. The molecule has 0 fully saturated rings. The van der Waals surface area contributed by atoms with Crippen LogP contribution in [0.1, 0.15) is 42.0 Å². The molecule has 1 N–H and O–H groups in total. The second-order valence-electron chi connectivity index (χ2n) is 7.88. The minimum Gasteiger partial charge on any atom is -0.497 e. The number of rotatable bonds is 3. The highest BCUT2D eigenvalue weighted by atomic mass is 16.5. The fourth-order valence-electron chi connectivity index (χ4n) is 4.76. The molecule has 0 radical (unpaired) electrons. The van der Waals surface area contributed by atoms with Gasteiger partial charge in [0.15, 0.2) is 5.78 Å². The number of anilines is 1. The predicted octanol–water partition coefficient (Wildman–Crippen LogP) is 5.12. The van der Waals surface area contributed by atoms with E-state index in [4.69, 9.17) is 14.5 Å². The van der Waals surface area contributed by atoms with E-state index in [2.05, 4.69) is 17.4 Å². The van der Waals surface area contributed by atoms with Gasteiger partial charge in [-0.05, 0) is 61.7 Å². The molecule has 3 aromatic rings. The van der Waals surface area contributed by atoms with Gasteiger partial charge >= 0.3 is 0 Å². The summed E-state index contributed by atoms with van der Waals surface area (Å²) in [4.78, 5) is 17.9. The van der Waals surface area contributed by atoms with Crippen LogP contribution in [0.3, 0.4) is 0 Å². The number of carbonyl (C=O) groups is 1. The number of ketones is 1. The lowest BCUT2D eigenvalue weighted by Crippen LogP contribution is -2.27. The van der Waals surface area contributed by atoms with Gasteiger partial charge in [-0.3, -0.25) is 9.78 Å². The average Bonchev–Trinajstić information content (AvgIpc) is 2.77. The van der Waals surface area contributed by atoms with Crippen LogP contribution in [0.4, 0.5) is 5.69 Å². The molecule has 1 aromatic heterocycles. The largest absolute Gasteiger partial charge is 0.497 e. The molecule has 0 bridgehead atoms. The molecule has 30 heavy (non-hydrogen) atoms. The van der Waals surface area contributed by atoms with Crippen molar-refractivity contribution in [1.82, 2.24) is 4.98 Å². The van der Waals surface area contributed by atoms with Crippen LogP contribution >= 0.6 is 0 Å². The highest BCUT2D eigenvalue weighted by Gasteiger charge is 2.37. The molecular formula is C25H24N2O3. The van der Waals surface area contributed by atoms with Gasteiger partial charge in [-0.1, -0.05) is 6.07 Å². The van der Waals surface area contributed by atoms with Crippen molar-refractivity contribution in [2.75, 3.05) is 19.5 Å². The number of aryl methyl sites for hydroxylation is 1. The van der Waals surface area contributed by atoms with Crippen LogP contribution < -0.4 is 14.8 Å². The van der Waals surface area contributed by atoms with Crippen LogP contribution in [-0.4, -0.2) is 25.0 Å². The smallest absolute Gasteiger partial charge is 0.161 e. The molecule has 0 unspecified atom stereocenters. The monoisotopic (exact) mass is 400 g/mol. The van der Waals surface area contributed by atoms with E-state index in [1.165, 1.54) is 0 Å². The number of methoxy groups -OCH3 is 2. The minimum absolute atomic E-state index is 0.196. The highest BCUT2D eigenvalue weighted by Crippen LogP contribution is 2.50. The number of benzene rings is 2. The third-order valence-electron chi connectivity index (χ3n) is 6.12. The Morgan fingerprint density at radius 1 is 1.03 bits per heavy atom. The molecule has 1 atom stereocenters. The molecule has 2 aliphatic rings. The number of nitrogens with zero attached hydrogens (tertiary/aromatic N) is 1. The summed E-state index contributed by atoms with van der Waals surface area (Å²) in [6, 6.07) is 14.0. The Morgan fingerprint density at radius 2 is 1.90 bits per heavy atom. The zero-order chi connectivity index (χ0) is 20.8. The van der Waals surface area contributed by atoms with Gasteiger partial charge in [0.25, 0.3) is 0 Å². The Bertz CT molecular complexity index is 1210. The Labute approximate surface area is 175 Å². The van der Waals surface area contributed by atoms with Gasteiger partial charge in [-0.15, -0.1) is 0 Å². The van der Waals surface area contributed by atoms with Gasteiger partial charge in [0, 0.05) is 45.9 Å². The number of aromatic nitrogens is 1. The van der Waals surface area contributed by atoms with Crippen LogP contribution in [-0.2, 0) is 4.79 Å². The summed E-state index contributed by atoms with van der Waals surface area (Å²) in [6.07, 6.45) is 2.31. The fraction of sp³-hybridized carbons (Fsp3) is 0.280. The van der Waals surface area contributed by atoms with Crippen LogP contribution in [0, 0.1) is 6.92 Å². The molecule has 5 nitrogen and oxygen atoms in total. The SMILES string of the molecule is COc1ccc(OC)c([C@H]2C3=C(CCCC3=O)Nc3ccc4nc(C)ccc4c32)c1. The van der Waals surface area contributed by atoms with E-state index in [-0.39, 0.29) is 11.7 Å². The van der Waals surface area contributed by atoms with Crippen LogP contribution in [0.15, 0.2) is 53.7 Å². The van der Waals surface area contributed by atoms with Crippen LogP contribution in [0.2, 0.25) is 0 Å². The first-order valence-electron chi connectivity index (χ1n) is 10.3. The fourth-order valence-corrected chi connectivity index (χ4v) is 4.76. The number of ether oxygens (including phenoxy) is 2. The van der Waals surface area contributed by atoms with E-state index in [1.807, 2.05) is 37.3 Å². The van der Waals surface area contributed by atoms with E-state index >= 15 is 0 Å². The molecule has 152 valence electrons. The molecule has 0 spiro atoms. The zero-order valence-corrected chi connectivity index (χ0v) is 17.4. The second kappa shape index (κ2) is 7.17. The minimum atomic E-state index is -0.234. The van der Waals surface area contributed by atoms with E-state index < -0.39 is 0 Å².